The maximum atomic E-state index is 12.4. The summed E-state index contributed by atoms with van der Waals surface area (Å²) in [7, 11) is 3.65. The molecule has 3 aromatic heterocycles. The number of hydrazine groups is 1. The first-order valence-electron chi connectivity index (χ1n) is 11.2. The molecule has 10 nitrogen and oxygen atoms in total. The molecule has 0 radical (unpaired) electrons. The van der Waals surface area contributed by atoms with Gasteiger partial charge in [-0.1, -0.05) is 20.3 Å². The second-order valence-electron chi connectivity index (χ2n) is 8.18. The molecule has 0 unspecified atom stereocenters. The highest BCUT2D eigenvalue weighted by Crippen LogP contribution is 2.27. The number of halogens is 2. The van der Waals surface area contributed by atoms with Crippen LogP contribution in [0.5, 0.6) is 0 Å². The number of aldehydes is 1. The fraction of sp³-hybridized carbons (Fsp3) is 0.435. The van der Waals surface area contributed by atoms with E-state index in [1.165, 1.54) is 23.7 Å². The van der Waals surface area contributed by atoms with E-state index < -0.39 is 5.92 Å². The molecule has 35 heavy (non-hydrogen) atoms. The van der Waals surface area contributed by atoms with Gasteiger partial charge in [0.05, 0.1) is 17.6 Å². The van der Waals surface area contributed by atoms with Gasteiger partial charge in [0.15, 0.2) is 17.9 Å². The maximum absolute atomic E-state index is 12.4. The van der Waals surface area contributed by atoms with E-state index in [1.807, 2.05) is 11.9 Å². The van der Waals surface area contributed by atoms with Crippen LogP contribution in [0.1, 0.15) is 43.5 Å². The molecular weight excluding hydrogens is 456 g/mol. The first kappa shape index (κ1) is 27.7. The summed E-state index contributed by atoms with van der Waals surface area (Å²) in [5.74, 6) is 4.50. The predicted molar refractivity (Wildman–Crippen MR) is 132 cm³/mol. The molecular formula is C23H33F2N9O. The van der Waals surface area contributed by atoms with Crippen LogP contribution in [0.4, 0.5) is 26.0 Å². The van der Waals surface area contributed by atoms with Crippen LogP contribution in [-0.4, -0.2) is 62.0 Å². The van der Waals surface area contributed by atoms with Gasteiger partial charge in [-0.3, -0.25) is 19.5 Å². The van der Waals surface area contributed by atoms with Gasteiger partial charge >= 0.3 is 0 Å². The van der Waals surface area contributed by atoms with E-state index in [4.69, 9.17) is 11.6 Å². The number of nitrogens with zero attached hydrogens (tertiary/aromatic N) is 7. The molecule has 1 aliphatic heterocycles. The molecule has 4 heterocycles. The number of nitrogens with two attached hydrogens (primary N) is 2. The number of carbonyl (C=O) groups is 1. The highest BCUT2D eigenvalue weighted by molar-refractivity contribution is 5.80. The van der Waals surface area contributed by atoms with Gasteiger partial charge in [0.25, 0.3) is 5.92 Å². The largest absolute Gasteiger partial charge is 0.396 e. The minimum atomic E-state index is -2.38. The quantitative estimate of drug-likeness (QED) is 0.321. The summed E-state index contributed by atoms with van der Waals surface area (Å²) in [4.78, 5) is 25.2. The third-order valence-electron chi connectivity index (χ3n) is 4.85. The molecule has 4 rings (SSSR count). The summed E-state index contributed by atoms with van der Waals surface area (Å²) in [6, 6.07) is 5.02. The third-order valence-corrected chi connectivity index (χ3v) is 4.85. The Kier molecular flexibility index (Phi) is 10.2. The molecule has 190 valence electrons. The summed E-state index contributed by atoms with van der Waals surface area (Å²) in [6.45, 7) is 5.32. The number of rotatable bonds is 4. The Bertz CT molecular complexity index is 1060. The lowest BCUT2D eigenvalue weighted by Gasteiger charge is -2.28. The van der Waals surface area contributed by atoms with Gasteiger partial charge in [-0.05, 0) is 25.2 Å². The van der Waals surface area contributed by atoms with E-state index >= 15 is 0 Å². The van der Waals surface area contributed by atoms with Crippen molar-refractivity contribution in [2.75, 3.05) is 30.9 Å². The molecule has 1 saturated heterocycles. The smallest absolute Gasteiger partial charge is 0.250 e. The molecule has 1 fully saturated rings. The fourth-order valence-electron chi connectivity index (χ4n) is 2.94. The molecule has 0 aliphatic carbocycles. The van der Waals surface area contributed by atoms with Crippen molar-refractivity contribution in [3.05, 3.63) is 42.5 Å². The average molecular weight is 490 g/mol. The molecule has 0 amide bonds. The van der Waals surface area contributed by atoms with Crippen LogP contribution in [0.2, 0.25) is 0 Å². The lowest BCUT2D eigenvalue weighted by atomic mass is 10.1. The Labute approximate surface area is 203 Å². The van der Waals surface area contributed by atoms with E-state index in [1.54, 1.807) is 36.4 Å². The Morgan fingerprint density at radius 1 is 1.11 bits per heavy atom. The molecule has 0 atom stereocenters. The number of anilines is 3. The molecule has 0 spiro atoms. The summed E-state index contributed by atoms with van der Waals surface area (Å²) in [6.07, 6.45) is 6.55. The zero-order chi connectivity index (χ0) is 26.0. The van der Waals surface area contributed by atoms with Crippen molar-refractivity contribution in [2.45, 2.75) is 39.0 Å². The van der Waals surface area contributed by atoms with Crippen molar-refractivity contribution in [2.24, 2.45) is 12.9 Å². The molecule has 12 heteroatoms. The molecule has 4 N–H and O–H groups in total. The molecule has 0 bridgehead atoms. The summed E-state index contributed by atoms with van der Waals surface area (Å²) in [5, 5.41) is 5.48. The van der Waals surface area contributed by atoms with Crippen molar-refractivity contribution in [3.8, 4) is 11.5 Å². The lowest BCUT2D eigenvalue weighted by molar-refractivity contribution is -0.0504. The standard InChI is InChI=1S/C14H14N8O.C6H11F2N.C3H8/c1-21-8-19-13(20-21)12-3-2-10(6-17-12)22(16)14-11(15)4-9(7-23)5-18-14;1-9-4-2-6(7,8)3-5-9;1-3-2/h2-8H,15-16H2,1H3;2-5H2,1H3;3H2,1-2H3. The Hall–Kier alpha value is -3.51. The number of nitrogen functional groups attached to an aromatic ring is 1. The second-order valence-corrected chi connectivity index (χ2v) is 8.18. The van der Waals surface area contributed by atoms with Gasteiger partial charge < -0.3 is 10.6 Å². The number of aromatic nitrogens is 5. The van der Waals surface area contributed by atoms with Gasteiger partial charge in [-0.25, -0.2) is 24.6 Å². The first-order valence-corrected chi connectivity index (χ1v) is 11.2. The van der Waals surface area contributed by atoms with Crippen molar-refractivity contribution in [1.82, 2.24) is 29.6 Å². The third kappa shape index (κ3) is 8.34. The van der Waals surface area contributed by atoms with Crippen LogP contribution in [0.25, 0.3) is 11.5 Å². The number of likely N-dealkylation sites (tertiary alicyclic amines) is 1. The molecule has 0 saturated carbocycles. The van der Waals surface area contributed by atoms with Crippen LogP contribution >= 0.6 is 0 Å². The molecule has 1 aliphatic rings. The number of pyridine rings is 2. The molecule has 3 aromatic rings. The van der Waals surface area contributed by atoms with Crippen LogP contribution in [0.15, 0.2) is 36.9 Å². The number of aryl methyl sites for hydroxylation is 1. The predicted octanol–water partition coefficient (Wildman–Crippen LogP) is 3.44. The minimum absolute atomic E-state index is 0.0312. The van der Waals surface area contributed by atoms with Gasteiger partial charge in [0.2, 0.25) is 0 Å². The van der Waals surface area contributed by atoms with E-state index in [2.05, 4.69) is 33.9 Å². The number of piperidine rings is 1. The topological polar surface area (TPSA) is 132 Å². The van der Waals surface area contributed by atoms with Gasteiger partial charge in [-0.15, -0.1) is 5.10 Å². The van der Waals surface area contributed by atoms with Crippen molar-refractivity contribution < 1.29 is 13.6 Å². The molecule has 0 aromatic carbocycles. The number of hydrogen-bond donors (Lipinski definition) is 2. The SMILES string of the molecule is CCC.CN1CCC(F)(F)CC1.Cn1cnc(-c2ccc(N(N)c3ncc(C=O)cc3N)cn2)n1. The number of hydrogen-bond acceptors (Lipinski definition) is 9. The van der Waals surface area contributed by atoms with Crippen molar-refractivity contribution >= 4 is 23.5 Å². The summed E-state index contributed by atoms with van der Waals surface area (Å²) >= 11 is 0. The van der Waals surface area contributed by atoms with Gasteiger partial charge in [0, 0.05) is 44.7 Å². The summed E-state index contributed by atoms with van der Waals surface area (Å²) in [5.41, 5.74) is 7.77. The minimum Gasteiger partial charge on any atom is -0.396 e. The van der Waals surface area contributed by atoms with Crippen molar-refractivity contribution in [1.29, 1.82) is 0 Å². The maximum Gasteiger partial charge on any atom is 0.250 e. The van der Waals surface area contributed by atoms with Gasteiger partial charge in [0.1, 0.15) is 12.0 Å². The summed E-state index contributed by atoms with van der Waals surface area (Å²) < 4.78 is 26.3. The highest BCUT2D eigenvalue weighted by atomic mass is 19.3. The van der Waals surface area contributed by atoms with Crippen LogP contribution in [-0.2, 0) is 7.05 Å². The fourth-order valence-corrected chi connectivity index (χ4v) is 2.94. The van der Waals surface area contributed by atoms with Crippen LogP contribution in [0, 0.1) is 0 Å². The number of alkyl halides is 2. The Morgan fingerprint density at radius 2 is 1.77 bits per heavy atom. The van der Waals surface area contributed by atoms with E-state index in [9.17, 15) is 13.6 Å². The monoisotopic (exact) mass is 489 g/mol. The van der Waals surface area contributed by atoms with Gasteiger partial charge in [-0.2, -0.15) is 0 Å². The Morgan fingerprint density at radius 3 is 2.23 bits per heavy atom. The van der Waals surface area contributed by atoms with E-state index in [0.29, 0.717) is 53.7 Å². The number of carbonyl (C=O) groups excluding carboxylic acids is 1. The average Bonchev–Trinajstić information content (AvgIpc) is 3.28. The Balaban J connectivity index is 0.000000299. The first-order chi connectivity index (χ1) is 16.6. The van der Waals surface area contributed by atoms with E-state index in [-0.39, 0.29) is 12.8 Å². The normalized spacial score (nSPS) is 14.7. The van der Waals surface area contributed by atoms with Crippen LogP contribution in [0.3, 0.4) is 0 Å². The van der Waals surface area contributed by atoms with Crippen molar-refractivity contribution in [3.63, 3.8) is 0 Å². The van der Waals surface area contributed by atoms with Crippen LogP contribution < -0.4 is 16.6 Å². The zero-order valence-corrected chi connectivity index (χ0v) is 20.5. The lowest BCUT2D eigenvalue weighted by Crippen LogP contribution is -2.36. The zero-order valence-electron chi connectivity index (χ0n) is 20.5. The van der Waals surface area contributed by atoms with E-state index in [0.717, 1.165) is 0 Å². The highest BCUT2D eigenvalue weighted by Gasteiger charge is 2.32. The second kappa shape index (κ2) is 12.8.